The molecule has 16 aromatic rings. The Kier molecular flexibility index (Phi) is 21.9. The molecular weight excluding hydrogens is 1400 g/mol. The number of benzene rings is 4. The molecule has 0 spiro atoms. The van der Waals surface area contributed by atoms with Crippen molar-refractivity contribution in [2.75, 3.05) is 0 Å². The van der Waals surface area contributed by atoms with Crippen LogP contribution in [0.15, 0.2) is 164 Å². The van der Waals surface area contributed by atoms with Crippen LogP contribution in [0.2, 0.25) is 0 Å². The number of fused-ring (bicyclic) bond motifs is 12. The standard InChI is InChI=1S/2C26H31N2O.2C25H29N2O/c1-15(2)12-19-13-23(28(7)14-18(19)6)24-17(5)8-9-20-21-10-11-22(16(3)4)27-26(21)29-25(20)24;1-15(2)12-19-14-28(7)23(13-18(19)6)24-17(5)8-9-20-21-10-11-22(16(3)4)27-26(21)29-25(20)24;2*1-7-19-9-11-21-20-10-8-16(4)23(24(20)28-25(21)26-19)22-13-18(12-15(2)3)17(5)14-27(22)6/h2*8-11,13-16H,12H2,1-7H3;2*8-11,13-15H,7,12H2,1-6H3/q4*+1/i;12D2;5D3;. The van der Waals surface area contributed by atoms with E-state index in [0.717, 1.165) is 176 Å². The molecule has 12 nitrogen and oxygen atoms in total. The van der Waals surface area contributed by atoms with E-state index >= 15 is 0 Å². The molecule has 0 bridgehead atoms. The van der Waals surface area contributed by atoms with E-state index in [9.17, 15) is 0 Å². The fourth-order valence-corrected chi connectivity index (χ4v) is 16.2. The SMILES string of the molecule is CCc1ccc2c(n1)oc1c(-c3cc(CC(C)C)c(C)c[n+]3C)c(C)ccc12.Cc1c[n+](C)c(-c2c(C)ccc3c2oc2nc(C(C)C)ccc23)cc1CC(C)C.[2H]C([2H])([2H])c1c[n+](C)c(-c2c(C)ccc3c2oc2nc(CC)ccc23)cc1CC(C)C.[2H]C([2H])(c1c[n+](C)c(-c2c(C)ccc3c2oc2nc(C(C)C)ccc23)cc1C)C(C)C. The van der Waals surface area contributed by atoms with Crippen molar-refractivity contribution >= 4 is 88.3 Å². The van der Waals surface area contributed by atoms with E-state index in [4.69, 9.17) is 39.5 Å². The van der Waals surface area contributed by atoms with E-state index < -0.39 is 13.2 Å². The zero-order valence-corrected chi connectivity index (χ0v) is 72.1. The summed E-state index contributed by atoms with van der Waals surface area (Å²) < 4.78 is 74.9. The number of pyridine rings is 8. The molecule has 0 N–H and O–H groups in total. The van der Waals surface area contributed by atoms with Gasteiger partial charge in [0.25, 0.3) is 0 Å². The lowest BCUT2D eigenvalue weighted by molar-refractivity contribution is -0.661. The molecule has 0 fully saturated rings. The maximum Gasteiger partial charge on any atom is 0.227 e. The monoisotopic (exact) mass is 1530 g/mol. The van der Waals surface area contributed by atoms with Gasteiger partial charge in [0, 0.05) is 119 Å². The highest BCUT2D eigenvalue weighted by Gasteiger charge is 2.29. The van der Waals surface area contributed by atoms with Crippen LogP contribution in [0, 0.1) is 79.0 Å². The summed E-state index contributed by atoms with van der Waals surface area (Å²) in [6.07, 6.45) is 11.4. The molecule has 0 saturated heterocycles. The Labute approximate surface area is 682 Å². The van der Waals surface area contributed by atoms with Crippen LogP contribution in [0.5, 0.6) is 0 Å². The van der Waals surface area contributed by atoms with Crippen molar-refractivity contribution in [3.8, 4) is 45.0 Å². The number of rotatable bonds is 16. The van der Waals surface area contributed by atoms with Crippen LogP contribution in [-0.4, -0.2) is 19.9 Å². The maximum atomic E-state index is 8.56. The molecule has 114 heavy (non-hydrogen) atoms. The van der Waals surface area contributed by atoms with Gasteiger partial charge in [0.15, 0.2) is 47.1 Å². The minimum absolute atomic E-state index is 0.112. The predicted octanol–water partition coefficient (Wildman–Crippen LogP) is 24.5. The van der Waals surface area contributed by atoms with Gasteiger partial charge in [-0.25, -0.2) is 38.2 Å². The average molecular weight is 1530 g/mol. The van der Waals surface area contributed by atoms with Crippen molar-refractivity contribution in [2.45, 2.75) is 203 Å². The molecule has 12 heteroatoms. The van der Waals surface area contributed by atoms with Crippen LogP contribution in [0.4, 0.5) is 0 Å². The summed E-state index contributed by atoms with van der Waals surface area (Å²) in [4.78, 5) is 18.9. The van der Waals surface area contributed by atoms with Crippen LogP contribution in [0.1, 0.15) is 205 Å². The van der Waals surface area contributed by atoms with Gasteiger partial charge in [-0.05, 0) is 222 Å². The fraction of sp³-hybridized carbons (Fsp3) is 0.373. The Hall–Kier alpha value is -10.7. The molecule has 16 rings (SSSR count). The van der Waals surface area contributed by atoms with Crippen molar-refractivity contribution in [1.29, 1.82) is 0 Å². The number of aryl methyl sites for hydroxylation is 14. The maximum absolute atomic E-state index is 8.56. The van der Waals surface area contributed by atoms with Crippen molar-refractivity contribution in [3.63, 3.8) is 0 Å². The topological polar surface area (TPSA) is 120 Å². The average Bonchev–Trinajstić information content (AvgIpc) is 1.65. The summed E-state index contributed by atoms with van der Waals surface area (Å²) in [6.45, 7) is 42.7. The lowest BCUT2D eigenvalue weighted by Gasteiger charge is -2.11. The second kappa shape index (κ2) is 33.4. The normalized spacial score (nSPS) is 12.8. The van der Waals surface area contributed by atoms with Gasteiger partial charge in [-0.1, -0.05) is 145 Å². The molecule has 12 heterocycles. The van der Waals surface area contributed by atoms with E-state index in [1.165, 1.54) is 55.9 Å². The minimum Gasteiger partial charge on any atom is -0.437 e. The Balaban J connectivity index is 0.000000137. The van der Waals surface area contributed by atoms with Gasteiger partial charge in [0.05, 0.1) is 22.3 Å². The molecule has 588 valence electrons. The molecule has 0 aliphatic heterocycles. The fourth-order valence-electron chi connectivity index (χ4n) is 16.2. The van der Waals surface area contributed by atoms with Gasteiger partial charge >= 0.3 is 0 Å². The van der Waals surface area contributed by atoms with Crippen molar-refractivity contribution < 1.29 is 42.8 Å². The van der Waals surface area contributed by atoms with Crippen LogP contribution in [0.25, 0.3) is 133 Å². The van der Waals surface area contributed by atoms with Crippen molar-refractivity contribution in [3.05, 3.63) is 236 Å². The third-order valence-corrected chi connectivity index (χ3v) is 22.3. The van der Waals surface area contributed by atoms with E-state index in [1.54, 1.807) is 6.20 Å². The smallest absolute Gasteiger partial charge is 0.227 e. The highest BCUT2D eigenvalue weighted by molar-refractivity contribution is 6.12. The molecule has 0 unspecified atom stereocenters. The zero-order valence-electron chi connectivity index (χ0n) is 77.1. The molecule has 0 atom stereocenters. The summed E-state index contributed by atoms with van der Waals surface area (Å²) in [5.74, 6) is 2.19. The van der Waals surface area contributed by atoms with Gasteiger partial charge in [-0.2, -0.15) is 0 Å². The molecule has 12 aromatic heterocycles. The number of furan rings is 4. The van der Waals surface area contributed by atoms with Crippen LogP contribution in [-0.2, 0) is 66.7 Å². The molecule has 0 aliphatic rings. The molecule has 4 aromatic carbocycles. The third-order valence-electron chi connectivity index (χ3n) is 22.3. The lowest BCUT2D eigenvalue weighted by atomic mass is 9.95. The summed E-state index contributed by atoms with van der Waals surface area (Å²) >= 11 is 0. The first-order valence-electron chi connectivity index (χ1n) is 43.6. The Morgan fingerprint density at radius 1 is 0.316 bits per heavy atom. The number of hydrogen-bond donors (Lipinski definition) is 0. The van der Waals surface area contributed by atoms with E-state index in [0.29, 0.717) is 53.0 Å². The molecule has 0 aliphatic carbocycles. The van der Waals surface area contributed by atoms with Gasteiger partial charge in [0.1, 0.15) is 28.2 Å². The molecular formula is C102H120N8O4+4. The highest BCUT2D eigenvalue weighted by atomic mass is 16.4. The first kappa shape index (κ1) is 74.7. The molecule has 0 radical (unpaired) electrons. The Morgan fingerprint density at radius 3 is 0.912 bits per heavy atom. The Morgan fingerprint density at radius 2 is 0.605 bits per heavy atom. The second-order valence-corrected chi connectivity index (χ2v) is 34.1. The van der Waals surface area contributed by atoms with Gasteiger partial charge < -0.3 is 17.7 Å². The van der Waals surface area contributed by atoms with E-state index in [1.807, 2.05) is 62.3 Å². The number of nitrogens with zero attached hydrogens (tertiary/aromatic N) is 8. The number of aromatic nitrogens is 8. The third kappa shape index (κ3) is 16.4. The molecule has 0 amide bonds. The number of hydrogen-bond acceptors (Lipinski definition) is 8. The van der Waals surface area contributed by atoms with Gasteiger partial charge in [0.2, 0.25) is 45.6 Å². The van der Waals surface area contributed by atoms with Crippen LogP contribution in [0.3, 0.4) is 0 Å². The summed E-state index contributed by atoms with van der Waals surface area (Å²) in [5.41, 5.74) is 32.2. The lowest BCUT2D eigenvalue weighted by Crippen LogP contribution is -2.32. The van der Waals surface area contributed by atoms with E-state index in [-0.39, 0.29) is 5.92 Å². The van der Waals surface area contributed by atoms with Crippen molar-refractivity contribution in [1.82, 2.24) is 19.9 Å². The second-order valence-electron chi connectivity index (χ2n) is 34.1. The summed E-state index contributed by atoms with van der Waals surface area (Å²) in [6, 6.07) is 42.8. The first-order valence-corrected chi connectivity index (χ1v) is 41.1. The Bertz CT molecular complexity index is 6570. The van der Waals surface area contributed by atoms with E-state index in [2.05, 4.69) is 274 Å². The highest BCUT2D eigenvalue weighted by Crippen LogP contribution is 2.43. The largest absolute Gasteiger partial charge is 0.437 e. The predicted molar refractivity (Wildman–Crippen MR) is 472 cm³/mol. The van der Waals surface area contributed by atoms with Gasteiger partial charge in [-0.3, -0.25) is 0 Å². The zero-order chi connectivity index (χ0) is 86.0. The van der Waals surface area contributed by atoms with Crippen LogP contribution >= 0.6 is 0 Å². The van der Waals surface area contributed by atoms with Gasteiger partial charge in [-0.15, -0.1) is 0 Å². The minimum atomic E-state index is -2.15. The summed E-state index contributed by atoms with van der Waals surface area (Å²) in [7, 11) is 8.12. The first-order chi connectivity index (χ1) is 56.3. The van der Waals surface area contributed by atoms with Crippen LogP contribution < -0.4 is 18.3 Å². The van der Waals surface area contributed by atoms with Crippen molar-refractivity contribution in [2.24, 2.45) is 51.9 Å². The summed E-state index contributed by atoms with van der Waals surface area (Å²) in [5, 5.41) is 8.54. The molecule has 0 saturated carbocycles. The quantitative estimate of drug-likeness (QED) is 0.0878.